The van der Waals surface area contributed by atoms with Crippen molar-refractivity contribution >= 4 is 70.1 Å². The number of Topliss-reactive ketones (excluding diaryl/α,β-unsaturated/α-hetero) is 1. The van der Waals surface area contributed by atoms with Gasteiger partial charge >= 0.3 is 23.9 Å². The van der Waals surface area contributed by atoms with Gasteiger partial charge in [-0.05, 0) is 275 Å². The summed E-state index contributed by atoms with van der Waals surface area (Å²) in [6.45, 7) is 19.0. The van der Waals surface area contributed by atoms with Gasteiger partial charge in [0, 0.05) is 156 Å². The van der Waals surface area contributed by atoms with E-state index in [4.69, 9.17) is 42.5 Å². The number of methoxy groups -OCH3 is 1. The zero-order chi connectivity index (χ0) is 107. The Morgan fingerprint density at radius 3 is 1.51 bits per heavy atom. The minimum Gasteiger partial charge on any atom is -0.487 e. The Balaban J connectivity index is 0.000000157. The average molecular weight is 2090 g/mol. The number of halogens is 3. The molecule has 35 heteroatoms. The number of aromatic nitrogens is 16. The number of rotatable bonds is 44. The number of amides is 1. The van der Waals surface area contributed by atoms with Gasteiger partial charge < -0.3 is 67.7 Å². The number of hydrogen-bond donors (Lipinski definition) is 5. The van der Waals surface area contributed by atoms with Crippen LogP contribution in [0.2, 0.25) is 10.0 Å². The largest absolute Gasteiger partial charge is 0.487 e. The minimum absolute atomic E-state index is 0.00276. The van der Waals surface area contributed by atoms with Gasteiger partial charge in [0.25, 0.3) is 0 Å². The molecule has 11 aromatic heterocycles. The van der Waals surface area contributed by atoms with Crippen molar-refractivity contribution in [2.24, 2.45) is 5.41 Å². The van der Waals surface area contributed by atoms with Crippen LogP contribution in [-0.4, -0.2) is 165 Å². The second-order valence-corrected chi connectivity index (χ2v) is 39.5. The summed E-state index contributed by atoms with van der Waals surface area (Å²) in [6, 6.07) is 57.1. The van der Waals surface area contributed by atoms with Crippen LogP contribution in [0.1, 0.15) is 262 Å². The highest BCUT2D eigenvalue weighted by Crippen LogP contribution is 2.51. The topological polar surface area (TPSA) is 409 Å². The number of carboxylic acid groups (broad SMARTS) is 4. The van der Waals surface area contributed by atoms with E-state index in [9.17, 15) is 53.6 Å². The Morgan fingerprint density at radius 1 is 0.487 bits per heavy atom. The van der Waals surface area contributed by atoms with Gasteiger partial charge in [-0.1, -0.05) is 115 Å². The van der Waals surface area contributed by atoms with Crippen molar-refractivity contribution < 1.29 is 72.9 Å². The molecule has 5 N–H and O–H groups in total. The molecule has 2 fully saturated rings. The molecule has 15 aromatic rings. The monoisotopic (exact) mass is 2090 g/mol. The van der Waals surface area contributed by atoms with E-state index in [-0.39, 0.29) is 40.7 Å². The van der Waals surface area contributed by atoms with Gasteiger partial charge in [-0.25, -0.2) is 38.5 Å². The number of aliphatic hydroxyl groups excluding tert-OH is 1. The number of hydrogen-bond acceptors (Lipinski definition) is 23. The molecule has 1 saturated heterocycles. The molecule has 12 heterocycles. The van der Waals surface area contributed by atoms with Gasteiger partial charge in [0.2, 0.25) is 11.8 Å². The molecule has 1 spiro atoms. The summed E-state index contributed by atoms with van der Waals surface area (Å²) in [5.74, 6) is 2.01. The minimum atomic E-state index is -0.961. The summed E-state index contributed by atoms with van der Waals surface area (Å²) in [6.07, 6.45) is 22.6. The number of carbonyl (C=O) groups is 6. The van der Waals surface area contributed by atoms with Crippen LogP contribution in [0, 0.1) is 45.9 Å². The van der Waals surface area contributed by atoms with Crippen molar-refractivity contribution in [2.45, 2.75) is 242 Å². The number of imidazole rings is 2. The Bertz CT molecular complexity index is 7060. The van der Waals surface area contributed by atoms with Crippen LogP contribution in [0.5, 0.6) is 11.6 Å². The zero-order valence-electron chi connectivity index (χ0n) is 86.1. The molecule has 1 atom stereocenters. The third kappa shape index (κ3) is 34.1. The summed E-state index contributed by atoms with van der Waals surface area (Å²) in [7, 11) is 1.60. The predicted molar refractivity (Wildman–Crippen MR) is 570 cm³/mol. The van der Waals surface area contributed by atoms with Crippen LogP contribution >= 0.6 is 34.5 Å². The normalized spacial score (nSPS) is 12.7. The number of carbonyl (C=O) groups excluding carboxylic acids is 2. The van der Waals surface area contributed by atoms with E-state index in [0.717, 1.165) is 211 Å². The molecule has 1 aliphatic carbocycles. The number of pyridine rings is 6. The molecule has 1 unspecified atom stereocenters. The van der Waals surface area contributed by atoms with Crippen molar-refractivity contribution in [2.75, 3.05) is 20.3 Å². The van der Waals surface area contributed by atoms with Crippen LogP contribution in [0.25, 0.3) is 0 Å². The number of thiophene rings is 1. The smallest absolute Gasteiger partial charge is 0.335 e. The Hall–Kier alpha value is -14.8. The summed E-state index contributed by atoms with van der Waals surface area (Å²) in [4.78, 5) is 108. The lowest BCUT2D eigenvalue weighted by Gasteiger charge is -2.39. The van der Waals surface area contributed by atoms with E-state index in [1.807, 2.05) is 103 Å². The van der Waals surface area contributed by atoms with Crippen molar-refractivity contribution in [3.8, 4) is 11.6 Å². The van der Waals surface area contributed by atoms with Crippen molar-refractivity contribution in [1.82, 2.24) is 83.4 Å². The van der Waals surface area contributed by atoms with E-state index < -0.39 is 30.1 Å². The lowest BCUT2D eigenvalue weighted by molar-refractivity contribution is -0.164. The Morgan fingerprint density at radius 2 is 1.00 bits per heavy atom. The number of ether oxygens (including phenoxy) is 3. The second-order valence-electron chi connectivity index (χ2n) is 37.7. The molecule has 1 amide bonds. The first-order valence-electron chi connectivity index (χ1n) is 50.4. The van der Waals surface area contributed by atoms with Crippen LogP contribution in [0.15, 0.2) is 212 Å². The lowest BCUT2D eigenvalue weighted by Crippen LogP contribution is -2.45. The third-order valence-corrected chi connectivity index (χ3v) is 27.3. The van der Waals surface area contributed by atoms with Gasteiger partial charge in [-0.15, -0.1) is 31.7 Å². The highest BCUT2D eigenvalue weighted by Gasteiger charge is 2.50. The van der Waals surface area contributed by atoms with E-state index >= 15 is 0 Å². The Labute approximate surface area is 886 Å². The van der Waals surface area contributed by atoms with Gasteiger partial charge in [0.15, 0.2) is 6.23 Å². The van der Waals surface area contributed by atoms with Gasteiger partial charge in [0.05, 0.1) is 77.1 Å². The van der Waals surface area contributed by atoms with E-state index in [0.29, 0.717) is 128 Å². The third-order valence-electron chi connectivity index (χ3n) is 25.7. The maximum absolute atomic E-state index is 13.3. The number of aliphatic hydroxyl groups is 1. The van der Waals surface area contributed by atoms with E-state index in [1.165, 1.54) is 28.3 Å². The molecular formula is C115H128Cl2FN17O14S. The average Bonchev–Trinajstić information content (AvgIpc) is 1.60. The highest BCUT2D eigenvalue weighted by atomic mass is 35.5. The molecule has 150 heavy (non-hydrogen) atoms. The summed E-state index contributed by atoms with van der Waals surface area (Å²) in [5, 5.41) is 66.5. The van der Waals surface area contributed by atoms with Crippen LogP contribution in [0.3, 0.4) is 0 Å². The summed E-state index contributed by atoms with van der Waals surface area (Å²) >= 11 is 13.9. The maximum Gasteiger partial charge on any atom is 0.335 e. The number of aryl methyl sites for hydroxylation is 19. The van der Waals surface area contributed by atoms with Crippen molar-refractivity contribution in [1.29, 1.82) is 0 Å². The molecule has 2 aliphatic rings. The number of aromatic carboxylic acids is 4. The zero-order valence-corrected chi connectivity index (χ0v) is 88.4. The van der Waals surface area contributed by atoms with Gasteiger partial charge in [-0.2, -0.15) is 0 Å². The molecule has 784 valence electrons. The first-order chi connectivity index (χ1) is 72.3. The number of nitrogens with zero attached hydrogens (tertiary/aromatic N) is 17. The van der Waals surface area contributed by atoms with Crippen molar-refractivity contribution in [3.05, 3.63) is 386 Å². The second kappa shape index (κ2) is 55.5. The molecule has 31 nitrogen and oxygen atoms in total. The number of ketones is 1. The van der Waals surface area contributed by atoms with Crippen LogP contribution in [-0.2, 0) is 137 Å². The van der Waals surface area contributed by atoms with Crippen LogP contribution in [0.4, 0.5) is 4.39 Å². The molecular weight excluding hydrogens is 1970 g/mol. The molecule has 1 aliphatic heterocycles. The van der Waals surface area contributed by atoms with Gasteiger partial charge in [0.1, 0.15) is 59.4 Å². The molecule has 0 bridgehead atoms. The fraction of sp³-hybridized carbons (Fsp3) is 0.357. The fourth-order valence-corrected chi connectivity index (χ4v) is 18.8. The summed E-state index contributed by atoms with van der Waals surface area (Å²) < 4.78 is 39.5. The maximum atomic E-state index is 13.3. The first kappa shape index (κ1) is 112. The molecule has 1 saturated carbocycles. The predicted octanol–water partition coefficient (Wildman–Crippen LogP) is 20.7. The molecule has 17 rings (SSSR count). The van der Waals surface area contributed by atoms with Gasteiger partial charge in [-0.3, -0.25) is 29.7 Å². The van der Waals surface area contributed by atoms with Crippen LogP contribution < -0.4 is 9.47 Å². The quantitative estimate of drug-likeness (QED) is 0.0237. The summed E-state index contributed by atoms with van der Waals surface area (Å²) in [5.41, 5.74) is 17.0. The van der Waals surface area contributed by atoms with E-state index in [1.54, 1.807) is 131 Å². The lowest BCUT2D eigenvalue weighted by atomic mass is 10.0. The molecule has 0 radical (unpaired) electrons. The fourth-order valence-electron chi connectivity index (χ4n) is 17.8. The Kier molecular flexibility index (Phi) is 41.6. The standard InChI is InChI=1S/C30H35N3O5.C24H26FN3O3.C21H24N4O2.C20H20Cl2N4O2.C20H23N3O2S/c1-21(35)33-19-30(13-14-30)20-38-29(33)23-15-24(31-25(16-23)17-34)9-6-10-26-27(11-12-28(32-26)36-2)37-18-22-7-4-3-5-8-22;1-16-12-19(24(30)31)13-21(27-16)4-3-5-23-26-14-22(11-6-17(2)29)28(23)15-18-7-9-20(25)10-8-18;1-16-13-18(21(26)27)14-19(23-16)10-5-11-20-24-22-15-25(20)12-6-9-17-7-3-2-4-8-17;1-12-8-15(20(27)28)10-16(23-12)4-3-5-19-25-24-13(2)26(19)11-14-6-7-17(21)18(22)9-14;1-3-17-12-21-19(23(17)13-18-7-5-9-26-18)8-4-6-16-11-15(20(24)25)10-14(2)22-16/h3-5,7-8,11-12,15-16,29,34H,6,9-10,13-14,17-20H2,1-2H3;7-10,12-14H,3-6,11,15H2,1-2H3,(H,30,31);2-4,7-8,13-15H,5-6,9-12H2,1H3,(H,26,27);6-10H,3-5,11H2,1-2H3,(H,27,28);5,7,9-12H,3-4,6,8,13H2,1-2H3,(H,24,25). The molecule has 4 aromatic carbocycles. The SMILES string of the molecule is CC(=O)CCc1cnc(CCCc2cc(C(=O)O)cc(C)n2)n1Cc1ccc(F)cc1.CCc1cnc(CCCc2cc(C(=O)O)cc(C)n2)n1Cc1cccs1.COc1ccc(OCc2ccccc2)c(CCCc2cc(C3OCC4(CC4)CN3C(C)=O)cc(CO)n2)n1.Cc1cc(C(=O)O)cc(CCCc2nnc(C)n2Cc2ccc(Cl)c(Cl)c2)n1.Cc1cc(C(=O)O)cc(CCCc2nncn2CCCc2ccccc2)n1. The first-order valence-corrected chi connectivity index (χ1v) is 52.0. The highest BCUT2D eigenvalue weighted by molar-refractivity contribution is 7.09. The number of benzene rings is 4. The number of carboxylic acids is 4. The van der Waals surface area contributed by atoms with E-state index in [2.05, 4.69) is 123 Å². The van der Waals surface area contributed by atoms with Crippen molar-refractivity contribution in [3.63, 3.8) is 0 Å².